The largest absolute Gasteiger partial charge is 0.383 e. The number of aromatic nitrogens is 4. The molecule has 0 fully saturated rings. The first-order chi connectivity index (χ1) is 15.6. The Kier molecular flexibility index (Phi) is 6.13. The molecule has 32 heavy (non-hydrogen) atoms. The number of benzene rings is 1. The minimum atomic E-state index is -0.213. The van der Waals surface area contributed by atoms with Crippen molar-refractivity contribution in [3.63, 3.8) is 0 Å². The number of fused-ring (bicyclic) bond motifs is 1. The van der Waals surface area contributed by atoms with E-state index in [0.717, 1.165) is 11.4 Å². The number of carbonyl (C=O) groups is 1. The van der Waals surface area contributed by atoms with Crippen LogP contribution in [0.3, 0.4) is 0 Å². The second-order valence-electron chi connectivity index (χ2n) is 7.07. The summed E-state index contributed by atoms with van der Waals surface area (Å²) >= 11 is 0. The fourth-order valence-corrected chi connectivity index (χ4v) is 3.18. The van der Waals surface area contributed by atoms with Crippen LogP contribution in [0, 0.1) is 0 Å². The van der Waals surface area contributed by atoms with Gasteiger partial charge in [-0.25, -0.2) is 4.98 Å². The number of carbonyl (C=O) groups excluding carboxylic acids is 1. The van der Waals surface area contributed by atoms with Gasteiger partial charge in [0.1, 0.15) is 11.4 Å². The lowest BCUT2D eigenvalue weighted by Gasteiger charge is -2.12. The Labute approximate surface area is 185 Å². The summed E-state index contributed by atoms with van der Waals surface area (Å²) in [6.45, 7) is 9.07. The van der Waals surface area contributed by atoms with Crippen LogP contribution in [-0.4, -0.2) is 39.4 Å². The number of anilines is 5. The molecule has 4 N–H and O–H groups in total. The van der Waals surface area contributed by atoms with Gasteiger partial charge in [0.2, 0.25) is 5.95 Å². The summed E-state index contributed by atoms with van der Waals surface area (Å²) in [4.78, 5) is 21.4. The second kappa shape index (κ2) is 9.31. The van der Waals surface area contributed by atoms with E-state index in [1.807, 2.05) is 30.5 Å². The summed E-state index contributed by atoms with van der Waals surface area (Å²) in [6.07, 6.45) is 5.14. The van der Waals surface area contributed by atoms with E-state index in [0.29, 0.717) is 54.1 Å². The summed E-state index contributed by atoms with van der Waals surface area (Å²) in [7, 11) is 1.64. The molecule has 0 spiro atoms. The van der Waals surface area contributed by atoms with Gasteiger partial charge < -0.3 is 26.0 Å². The van der Waals surface area contributed by atoms with Crippen LogP contribution in [0.15, 0.2) is 61.6 Å². The Morgan fingerprint density at radius 1 is 1.28 bits per heavy atom. The van der Waals surface area contributed by atoms with Crippen LogP contribution in [-0.2, 0) is 17.8 Å². The fourth-order valence-electron chi connectivity index (χ4n) is 3.18. The minimum absolute atomic E-state index is 0.213. The van der Waals surface area contributed by atoms with Crippen molar-refractivity contribution in [3.05, 3.63) is 72.8 Å². The third-order valence-electron chi connectivity index (χ3n) is 4.72. The number of nitrogens with zero attached hydrogens (tertiary/aromatic N) is 4. The molecule has 0 radical (unpaired) electrons. The molecule has 0 saturated carbocycles. The van der Waals surface area contributed by atoms with Crippen LogP contribution >= 0.6 is 0 Å². The molecule has 1 aromatic carbocycles. The zero-order valence-corrected chi connectivity index (χ0v) is 17.7. The van der Waals surface area contributed by atoms with Crippen LogP contribution in [0.5, 0.6) is 0 Å². The molecule has 1 amide bonds. The smallest absolute Gasteiger partial charge is 0.257 e. The number of hydrogen-bond donors (Lipinski definition) is 4. The first kappa shape index (κ1) is 21.1. The highest BCUT2D eigenvalue weighted by molar-refractivity contribution is 6.02. The third-order valence-corrected chi connectivity index (χ3v) is 4.72. The van der Waals surface area contributed by atoms with E-state index < -0.39 is 0 Å². The highest BCUT2D eigenvalue weighted by Gasteiger charge is 2.27. The number of amides is 1. The predicted octanol–water partition coefficient (Wildman–Crippen LogP) is 3.16. The maximum absolute atomic E-state index is 12.4. The maximum atomic E-state index is 12.4. The molecule has 0 aliphatic carbocycles. The maximum Gasteiger partial charge on any atom is 0.257 e. The molecule has 0 unspecified atom stereocenters. The zero-order chi connectivity index (χ0) is 22.5. The first-order valence-corrected chi connectivity index (χ1v) is 9.98. The lowest BCUT2D eigenvalue weighted by atomic mass is 10.2. The molecule has 0 bridgehead atoms. The van der Waals surface area contributed by atoms with Crippen LogP contribution in [0.2, 0.25) is 0 Å². The number of ether oxygens (including phenoxy) is 1. The minimum Gasteiger partial charge on any atom is -0.383 e. The molecule has 0 saturated heterocycles. The van der Waals surface area contributed by atoms with Gasteiger partial charge in [-0.05, 0) is 24.3 Å². The number of allylic oxidation sites excluding steroid dienone is 1. The molecule has 164 valence electrons. The van der Waals surface area contributed by atoms with Gasteiger partial charge in [-0.15, -0.1) is 0 Å². The Hall–Kier alpha value is -4.18. The standard InChI is InChI=1S/C22H24N8O2/c1-4-14(2)25-15-6-5-7-16(10-15)27-22-28-18-12-23-21(31)19(18)20(29-22)26-17-11-24-30(13-17)8-9-32-3/h4-7,10-11,13,25H,1-2,8-9,12H2,3H3,(H,23,31)(H2,26,27,28,29). The molecule has 2 aromatic heterocycles. The van der Waals surface area contributed by atoms with Crippen LogP contribution in [0.4, 0.5) is 28.8 Å². The molecule has 3 heterocycles. The van der Waals surface area contributed by atoms with Gasteiger partial charge in [-0.2, -0.15) is 10.1 Å². The fraction of sp³-hybridized carbons (Fsp3) is 0.182. The Morgan fingerprint density at radius 2 is 2.12 bits per heavy atom. The summed E-state index contributed by atoms with van der Waals surface area (Å²) in [6, 6.07) is 7.61. The molecule has 1 aliphatic heterocycles. The molecular weight excluding hydrogens is 408 g/mol. The summed E-state index contributed by atoms with van der Waals surface area (Å²) in [5, 5.41) is 16.6. The molecule has 10 heteroatoms. The van der Waals surface area contributed by atoms with Crippen molar-refractivity contribution < 1.29 is 9.53 Å². The number of nitrogens with one attached hydrogen (secondary N) is 4. The summed E-state index contributed by atoms with van der Waals surface area (Å²) in [5.41, 5.74) is 4.08. The second-order valence-corrected chi connectivity index (χ2v) is 7.07. The van der Waals surface area contributed by atoms with Crippen molar-refractivity contribution in [3.8, 4) is 0 Å². The summed E-state index contributed by atoms with van der Waals surface area (Å²) < 4.78 is 6.83. The highest BCUT2D eigenvalue weighted by Crippen LogP contribution is 2.27. The average Bonchev–Trinajstić information content (AvgIpc) is 3.38. The molecule has 4 rings (SSSR count). The molecule has 0 atom stereocenters. The molecule has 1 aliphatic rings. The van der Waals surface area contributed by atoms with Crippen LogP contribution in [0.25, 0.3) is 0 Å². The molecule has 3 aromatic rings. The normalized spacial score (nSPS) is 12.1. The van der Waals surface area contributed by atoms with Gasteiger partial charge in [0, 0.05) is 30.4 Å². The lowest BCUT2D eigenvalue weighted by Crippen LogP contribution is -2.14. The van der Waals surface area contributed by atoms with E-state index in [2.05, 4.69) is 49.5 Å². The Balaban J connectivity index is 1.59. The zero-order valence-electron chi connectivity index (χ0n) is 17.7. The average molecular weight is 432 g/mol. The van der Waals surface area contributed by atoms with Crippen LogP contribution < -0.4 is 21.3 Å². The van der Waals surface area contributed by atoms with E-state index in [-0.39, 0.29) is 5.91 Å². The van der Waals surface area contributed by atoms with Crippen molar-refractivity contribution in [2.24, 2.45) is 0 Å². The van der Waals surface area contributed by atoms with Gasteiger partial charge in [0.25, 0.3) is 5.91 Å². The van der Waals surface area contributed by atoms with Crippen molar-refractivity contribution in [2.45, 2.75) is 13.1 Å². The molecular formula is C22H24N8O2. The van der Waals surface area contributed by atoms with Gasteiger partial charge in [-0.3, -0.25) is 9.48 Å². The van der Waals surface area contributed by atoms with E-state index in [1.165, 1.54) is 0 Å². The lowest BCUT2D eigenvalue weighted by molar-refractivity contribution is 0.0966. The predicted molar refractivity (Wildman–Crippen MR) is 123 cm³/mol. The highest BCUT2D eigenvalue weighted by atomic mass is 16.5. The van der Waals surface area contributed by atoms with E-state index in [1.54, 1.807) is 24.1 Å². The monoisotopic (exact) mass is 432 g/mol. The van der Waals surface area contributed by atoms with Crippen molar-refractivity contribution in [2.75, 3.05) is 29.7 Å². The number of hydrogen-bond acceptors (Lipinski definition) is 8. The Bertz CT molecular complexity index is 1170. The van der Waals surface area contributed by atoms with E-state index in [4.69, 9.17) is 4.74 Å². The Morgan fingerprint density at radius 3 is 2.94 bits per heavy atom. The van der Waals surface area contributed by atoms with E-state index >= 15 is 0 Å². The summed E-state index contributed by atoms with van der Waals surface area (Å²) in [5.74, 6) is 0.567. The first-order valence-electron chi connectivity index (χ1n) is 9.98. The number of rotatable bonds is 10. The van der Waals surface area contributed by atoms with Crippen molar-refractivity contribution >= 4 is 34.7 Å². The third kappa shape index (κ3) is 4.76. The van der Waals surface area contributed by atoms with Gasteiger partial charge in [0.15, 0.2) is 0 Å². The van der Waals surface area contributed by atoms with Crippen LogP contribution in [0.1, 0.15) is 16.1 Å². The molecule has 10 nitrogen and oxygen atoms in total. The van der Waals surface area contributed by atoms with Crippen molar-refractivity contribution in [1.29, 1.82) is 0 Å². The van der Waals surface area contributed by atoms with Gasteiger partial charge in [-0.1, -0.05) is 19.2 Å². The van der Waals surface area contributed by atoms with Gasteiger partial charge in [0.05, 0.1) is 37.3 Å². The SMILES string of the molecule is C=CC(=C)Nc1cccc(Nc2nc3c(c(Nc4cnn(CCOC)c4)n2)C(=O)NC3)c1. The topological polar surface area (TPSA) is 118 Å². The van der Waals surface area contributed by atoms with E-state index in [9.17, 15) is 4.79 Å². The number of methoxy groups -OCH3 is 1. The quantitative estimate of drug-likeness (QED) is 0.361. The van der Waals surface area contributed by atoms with Crippen molar-refractivity contribution in [1.82, 2.24) is 25.1 Å². The van der Waals surface area contributed by atoms with Gasteiger partial charge >= 0.3 is 0 Å².